The number of nitrogens with one attached hydrogen (secondary N) is 2. The molecule has 0 radical (unpaired) electrons. The van der Waals surface area contributed by atoms with Gasteiger partial charge in [0.15, 0.2) is 0 Å². The van der Waals surface area contributed by atoms with E-state index < -0.39 is 22.0 Å². The van der Waals surface area contributed by atoms with Crippen LogP contribution in [0, 0.1) is 0 Å². The molecule has 0 atom stereocenters. The number of para-hydroxylation sites is 3. The van der Waals surface area contributed by atoms with Crippen LogP contribution in [-0.4, -0.2) is 34.2 Å². The average Bonchev–Trinajstić information content (AvgIpc) is 3.07. The van der Waals surface area contributed by atoms with Gasteiger partial charge in [-0.05, 0) is 24.3 Å². The van der Waals surface area contributed by atoms with Crippen molar-refractivity contribution in [3.8, 4) is 0 Å². The molecule has 0 fully saturated rings. The Morgan fingerprint density at radius 1 is 1.17 bits per heavy atom. The van der Waals surface area contributed by atoms with Crippen LogP contribution in [0.3, 0.4) is 0 Å². The fraction of sp³-hybridized carbons (Fsp3) is 0.105. The Morgan fingerprint density at radius 3 is 2.63 bits per heavy atom. The number of aromatic nitrogens is 2. The number of nitrogens with two attached hydrogens (primary N) is 1. The van der Waals surface area contributed by atoms with E-state index in [1.54, 1.807) is 43.4 Å². The quantitative estimate of drug-likeness (QED) is 0.545. The second kappa shape index (κ2) is 7.19. The van der Waals surface area contributed by atoms with E-state index in [-0.39, 0.29) is 28.6 Å². The van der Waals surface area contributed by atoms with Crippen LogP contribution in [0.1, 0.15) is 16.3 Å². The molecule has 0 bridgehead atoms. The lowest BCUT2D eigenvalue weighted by molar-refractivity contribution is 0.101. The molecule has 10 nitrogen and oxygen atoms in total. The number of carbonyl (C=O) groups is 2. The highest BCUT2D eigenvalue weighted by atomic mass is 32.2. The minimum absolute atomic E-state index is 0.00340. The van der Waals surface area contributed by atoms with Gasteiger partial charge < -0.3 is 20.9 Å². The Labute approximate surface area is 172 Å². The molecule has 1 aliphatic heterocycles. The van der Waals surface area contributed by atoms with Gasteiger partial charge in [0, 0.05) is 7.05 Å². The maximum atomic E-state index is 12.9. The van der Waals surface area contributed by atoms with E-state index >= 15 is 0 Å². The summed E-state index contributed by atoms with van der Waals surface area (Å²) in [5.74, 6) is -0.246. The number of amides is 3. The number of nitrogens with zero attached hydrogens (tertiary/aromatic N) is 3. The molecule has 0 saturated heterocycles. The first kappa shape index (κ1) is 19.5. The zero-order valence-corrected chi connectivity index (χ0v) is 16.7. The van der Waals surface area contributed by atoms with E-state index in [0.29, 0.717) is 15.7 Å². The van der Waals surface area contributed by atoms with Crippen LogP contribution in [0.15, 0.2) is 59.6 Å². The number of fused-ring (bicyclic) bond motifs is 1. The molecule has 3 aromatic rings. The number of urea groups is 1. The smallest absolute Gasteiger partial charge is 0.336 e. The minimum atomic E-state index is -4.06. The number of benzene rings is 2. The Morgan fingerprint density at radius 2 is 1.87 bits per heavy atom. The van der Waals surface area contributed by atoms with Crippen molar-refractivity contribution in [2.24, 2.45) is 7.05 Å². The average molecular weight is 426 g/mol. The van der Waals surface area contributed by atoms with Crippen molar-refractivity contribution in [2.45, 2.75) is 11.4 Å². The Balaban J connectivity index is 1.60. The first-order valence-electron chi connectivity index (χ1n) is 8.88. The van der Waals surface area contributed by atoms with Crippen molar-refractivity contribution in [1.82, 2.24) is 13.9 Å². The molecule has 4 rings (SSSR count). The largest absolute Gasteiger partial charge is 0.397 e. The zero-order valence-electron chi connectivity index (χ0n) is 15.9. The molecule has 1 aromatic heterocycles. The van der Waals surface area contributed by atoms with Crippen molar-refractivity contribution in [1.29, 1.82) is 0 Å². The van der Waals surface area contributed by atoms with Crippen LogP contribution < -0.4 is 16.4 Å². The number of imidazole rings is 1. The van der Waals surface area contributed by atoms with Crippen LogP contribution in [0.25, 0.3) is 0 Å². The lowest BCUT2D eigenvalue weighted by Crippen LogP contribution is -2.43. The second-order valence-corrected chi connectivity index (χ2v) is 8.43. The Hall–Kier alpha value is -3.86. The maximum Gasteiger partial charge on any atom is 0.336 e. The van der Waals surface area contributed by atoms with E-state index in [1.807, 2.05) is 0 Å². The number of anilines is 3. The number of sulfonamides is 1. The summed E-state index contributed by atoms with van der Waals surface area (Å²) >= 11 is 0. The summed E-state index contributed by atoms with van der Waals surface area (Å²) in [5.41, 5.74) is 7.10. The van der Waals surface area contributed by atoms with Gasteiger partial charge in [0.25, 0.3) is 15.9 Å². The molecule has 2 heterocycles. The molecule has 154 valence electrons. The summed E-state index contributed by atoms with van der Waals surface area (Å²) in [6, 6.07) is 12.1. The van der Waals surface area contributed by atoms with Crippen LogP contribution in [0.5, 0.6) is 0 Å². The van der Waals surface area contributed by atoms with Gasteiger partial charge in [0.05, 0.1) is 29.8 Å². The van der Waals surface area contributed by atoms with Crippen molar-refractivity contribution < 1.29 is 18.0 Å². The molecule has 0 spiro atoms. The van der Waals surface area contributed by atoms with E-state index in [4.69, 9.17) is 5.73 Å². The van der Waals surface area contributed by atoms with Gasteiger partial charge in [-0.15, -0.1) is 0 Å². The van der Waals surface area contributed by atoms with Crippen molar-refractivity contribution >= 4 is 39.0 Å². The summed E-state index contributed by atoms with van der Waals surface area (Å²) in [7, 11) is -2.50. The first-order chi connectivity index (χ1) is 14.3. The molecule has 30 heavy (non-hydrogen) atoms. The van der Waals surface area contributed by atoms with E-state index in [0.717, 1.165) is 0 Å². The van der Waals surface area contributed by atoms with Gasteiger partial charge in [-0.2, -0.15) is 0 Å². The second-order valence-electron chi connectivity index (χ2n) is 6.60. The first-order valence-corrected chi connectivity index (χ1v) is 10.3. The van der Waals surface area contributed by atoms with Crippen molar-refractivity contribution in [3.63, 3.8) is 0 Å². The van der Waals surface area contributed by atoms with Gasteiger partial charge in [0.2, 0.25) is 0 Å². The molecular weight excluding hydrogens is 408 g/mol. The Bertz CT molecular complexity index is 1270. The van der Waals surface area contributed by atoms with Gasteiger partial charge in [0.1, 0.15) is 16.4 Å². The normalized spacial score (nSPS) is 14.7. The lowest BCUT2D eigenvalue weighted by atomic mass is 10.2. The van der Waals surface area contributed by atoms with Gasteiger partial charge in [-0.3, -0.25) is 4.79 Å². The predicted octanol–water partition coefficient (Wildman–Crippen LogP) is 1.99. The SMILES string of the molecule is Cn1c(C(=O)Nc2ccccc2N)cnc1CN1C(=O)Nc2ccccc2S1(=O)=O. The summed E-state index contributed by atoms with van der Waals surface area (Å²) in [6.07, 6.45) is 1.31. The number of hydrogen-bond acceptors (Lipinski definition) is 6. The third-order valence-electron chi connectivity index (χ3n) is 4.73. The van der Waals surface area contributed by atoms with Crippen molar-refractivity contribution in [2.75, 3.05) is 16.4 Å². The van der Waals surface area contributed by atoms with Gasteiger partial charge in [-0.25, -0.2) is 22.5 Å². The van der Waals surface area contributed by atoms with Crippen LogP contribution in [0.4, 0.5) is 21.9 Å². The monoisotopic (exact) mass is 426 g/mol. The number of hydrogen-bond donors (Lipinski definition) is 3. The van der Waals surface area contributed by atoms with Gasteiger partial charge in [-0.1, -0.05) is 24.3 Å². The van der Waals surface area contributed by atoms with E-state index in [1.165, 1.54) is 22.9 Å². The number of carbonyl (C=O) groups excluding carboxylic acids is 2. The molecular formula is C19H18N6O4S. The maximum absolute atomic E-state index is 12.9. The van der Waals surface area contributed by atoms with Crippen LogP contribution >= 0.6 is 0 Å². The predicted molar refractivity (Wildman–Crippen MR) is 110 cm³/mol. The van der Waals surface area contributed by atoms with Gasteiger partial charge >= 0.3 is 6.03 Å². The summed E-state index contributed by atoms with van der Waals surface area (Å²) in [6.45, 7) is -0.334. The molecule has 11 heteroatoms. The van der Waals surface area contributed by atoms with E-state index in [9.17, 15) is 18.0 Å². The summed E-state index contributed by atoms with van der Waals surface area (Å²) in [5, 5.41) is 5.24. The molecule has 3 amide bonds. The Kier molecular flexibility index (Phi) is 4.66. The molecule has 0 aliphatic carbocycles. The molecule has 2 aromatic carbocycles. The highest BCUT2D eigenvalue weighted by Crippen LogP contribution is 2.30. The highest BCUT2D eigenvalue weighted by Gasteiger charge is 2.37. The standard InChI is InChI=1S/C19H18N6O4S/c1-24-15(18(26)22-13-7-3-2-6-12(13)20)10-21-17(24)11-25-19(27)23-14-8-4-5-9-16(14)30(25,28)29/h2-10H,11,20H2,1H3,(H,22,26)(H,23,27). The summed E-state index contributed by atoms with van der Waals surface area (Å²) in [4.78, 5) is 29.2. The number of nitrogen functional groups attached to an aromatic ring is 1. The molecule has 4 N–H and O–H groups in total. The van der Waals surface area contributed by atoms with Crippen LogP contribution in [-0.2, 0) is 23.6 Å². The molecule has 1 aliphatic rings. The minimum Gasteiger partial charge on any atom is -0.397 e. The topological polar surface area (TPSA) is 139 Å². The van der Waals surface area contributed by atoms with Crippen LogP contribution in [0.2, 0.25) is 0 Å². The number of rotatable bonds is 4. The van der Waals surface area contributed by atoms with E-state index in [2.05, 4.69) is 15.6 Å². The molecule has 0 unspecified atom stereocenters. The fourth-order valence-corrected chi connectivity index (χ4v) is 4.52. The third kappa shape index (κ3) is 3.24. The molecule has 0 saturated carbocycles. The third-order valence-corrected chi connectivity index (χ3v) is 6.52. The lowest BCUT2D eigenvalue weighted by Gasteiger charge is -2.28. The van der Waals surface area contributed by atoms with Crippen molar-refractivity contribution in [3.05, 3.63) is 66.2 Å². The fourth-order valence-electron chi connectivity index (χ4n) is 3.09. The summed E-state index contributed by atoms with van der Waals surface area (Å²) < 4.78 is 27.9. The zero-order chi connectivity index (χ0) is 21.5. The highest BCUT2D eigenvalue weighted by molar-refractivity contribution is 7.90.